The van der Waals surface area contributed by atoms with E-state index in [1.807, 2.05) is 0 Å². The maximum atomic E-state index is 10.5. The van der Waals surface area contributed by atoms with Crippen molar-refractivity contribution in [2.24, 2.45) is 0 Å². The Balaban J connectivity index is 2.49. The highest BCUT2D eigenvalue weighted by Crippen LogP contribution is 2.08. The van der Waals surface area contributed by atoms with Crippen molar-refractivity contribution in [3.8, 4) is 0 Å². The van der Waals surface area contributed by atoms with E-state index >= 15 is 0 Å². The summed E-state index contributed by atoms with van der Waals surface area (Å²) in [5, 5.41) is 0. The van der Waals surface area contributed by atoms with Crippen molar-refractivity contribution >= 4 is 25.5 Å². The van der Waals surface area contributed by atoms with E-state index in [2.05, 4.69) is 9.31 Å². The Morgan fingerprint density at radius 2 is 1.92 bits per heavy atom. The standard InChI is InChI=1S/C6H5BO6/c1-4(2-3-8)11-7-12-5(9)6(10)13-7/h2-3H,1H3. The molecule has 0 bridgehead atoms. The van der Waals surface area contributed by atoms with Gasteiger partial charge in [-0.1, -0.05) is 0 Å². The monoisotopic (exact) mass is 184 g/mol. The molecule has 6 nitrogen and oxygen atoms in total. The zero-order valence-electron chi connectivity index (χ0n) is 6.68. The van der Waals surface area contributed by atoms with E-state index in [0.29, 0.717) is 6.29 Å². The Bertz CT molecular complexity index is 267. The second-order valence-corrected chi connectivity index (χ2v) is 2.13. The molecule has 1 rings (SSSR count). The molecule has 1 saturated heterocycles. The lowest BCUT2D eigenvalue weighted by Gasteiger charge is -2.03. The van der Waals surface area contributed by atoms with Crippen molar-refractivity contribution in [3.63, 3.8) is 0 Å². The minimum absolute atomic E-state index is 0.183. The number of carbonyl (C=O) groups is 3. The Labute approximate surface area is 73.6 Å². The van der Waals surface area contributed by atoms with Gasteiger partial charge in [0.25, 0.3) is 0 Å². The fourth-order valence-electron chi connectivity index (χ4n) is 0.630. The number of carbonyl (C=O) groups excluding carboxylic acids is 3. The summed E-state index contributed by atoms with van der Waals surface area (Å²) in [6.45, 7) is 1.45. The Morgan fingerprint density at radius 3 is 2.38 bits per heavy atom. The summed E-state index contributed by atoms with van der Waals surface area (Å²) in [4.78, 5) is 30.9. The molecule has 0 aromatic rings. The van der Waals surface area contributed by atoms with Gasteiger partial charge in [0.2, 0.25) is 0 Å². The number of allylic oxidation sites excluding steroid dienone is 2. The van der Waals surface area contributed by atoms with Crippen LogP contribution in [0.2, 0.25) is 0 Å². The lowest BCUT2D eigenvalue weighted by Crippen LogP contribution is -2.19. The topological polar surface area (TPSA) is 78.9 Å². The molecule has 1 heterocycles. The van der Waals surface area contributed by atoms with Crippen LogP contribution in [0.1, 0.15) is 6.92 Å². The van der Waals surface area contributed by atoms with Gasteiger partial charge in [-0.05, 0) is 6.92 Å². The average Bonchev–Trinajstić information content (AvgIpc) is 2.31. The van der Waals surface area contributed by atoms with Crippen molar-refractivity contribution < 1.29 is 28.3 Å². The van der Waals surface area contributed by atoms with Crippen LogP contribution in [0, 0.1) is 0 Å². The maximum Gasteiger partial charge on any atom is 0.868 e. The second-order valence-electron chi connectivity index (χ2n) is 2.13. The smallest absolute Gasteiger partial charge is 0.494 e. The molecular weight excluding hydrogens is 179 g/mol. The molecule has 0 aromatic heterocycles. The lowest BCUT2D eigenvalue weighted by molar-refractivity contribution is -0.150. The third kappa shape index (κ3) is 2.33. The molecular formula is C6H5BO6. The Morgan fingerprint density at radius 1 is 1.38 bits per heavy atom. The zero-order valence-corrected chi connectivity index (χ0v) is 6.68. The number of hydrogen-bond acceptors (Lipinski definition) is 6. The molecule has 0 unspecified atom stereocenters. The van der Waals surface area contributed by atoms with Gasteiger partial charge in [-0.2, -0.15) is 0 Å². The van der Waals surface area contributed by atoms with E-state index in [9.17, 15) is 14.4 Å². The molecule has 0 amide bonds. The highest BCUT2D eigenvalue weighted by molar-refractivity contribution is 6.55. The summed E-state index contributed by atoms with van der Waals surface area (Å²) in [5.74, 6) is -2.03. The van der Waals surface area contributed by atoms with Crippen molar-refractivity contribution in [2.45, 2.75) is 6.92 Å². The summed E-state index contributed by atoms with van der Waals surface area (Å²) in [7, 11) is -1.38. The highest BCUT2D eigenvalue weighted by Gasteiger charge is 2.45. The van der Waals surface area contributed by atoms with E-state index in [1.165, 1.54) is 6.92 Å². The molecule has 0 aliphatic carbocycles. The molecule has 0 saturated carbocycles. The molecule has 7 heteroatoms. The first-order chi connectivity index (χ1) is 6.13. The van der Waals surface area contributed by atoms with Crippen LogP contribution in [0.4, 0.5) is 0 Å². The summed E-state index contributed by atoms with van der Waals surface area (Å²) in [6.07, 6.45) is 1.59. The zero-order chi connectivity index (χ0) is 9.84. The van der Waals surface area contributed by atoms with Crippen LogP contribution in [0.25, 0.3) is 0 Å². The van der Waals surface area contributed by atoms with E-state index in [-0.39, 0.29) is 5.76 Å². The largest absolute Gasteiger partial charge is 0.868 e. The van der Waals surface area contributed by atoms with Gasteiger partial charge >= 0.3 is 19.3 Å². The van der Waals surface area contributed by atoms with E-state index < -0.39 is 19.3 Å². The molecule has 1 aliphatic heterocycles. The van der Waals surface area contributed by atoms with Gasteiger partial charge < -0.3 is 14.0 Å². The first-order valence-electron chi connectivity index (χ1n) is 3.34. The first kappa shape index (κ1) is 9.30. The average molecular weight is 184 g/mol. The van der Waals surface area contributed by atoms with Gasteiger partial charge in [-0.25, -0.2) is 9.59 Å². The molecule has 0 N–H and O–H groups in total. The fourth-order valence-corrected chi connectivity index (χ4v) is 0.630. The van der Waals surface area contributed by atoms with Crippen molar-refractivity contribution in [3.05, 3.63) is 11.8 Å². The van der Waals surface area contributed by atoms with Crippen LogP contribution in [0.3, 0.4) is 0 Å². The van der Waals surface area contributed by atoms with Gasteiger partial charge in [0, 0.05) is 6.08 Å². The summed E-state index contributed by atoms with van der Waals surface area (Å²) in [5.41, 5.74) is 0. The van der Waals surface area contributed by atoms with Crippen LogP contribution in [0.5, 0.6) is 0 Å². The van der Waals surface area contributed by atoms with Gasteiger partial charge in [-0.15, -0.1) is 0 Å². The van der Waals surface area contributed by atoms with Crippen molar-refractivity contribution in [2.75, 3.05) is 0 Å². The molecule has 68 valence electrons. The molecule has 13 heavy (non-hydrogen) atoms. The van der Waals surface area contributed by atoms with Crippen molar-refractivity contribution in [1.29, 1.82) is 0 Å². The molecule has 0 radical (unpaired) electrons. The number of aldehydes is 1. The van der Waals surface area contributed by atoms with Crippen LogP contribution in [-0.4, -0.2) is 25.5 Å². The minimum atomic E-state index is -1.38. The Hall–Kier alpha value is -1.79. The Kier molecular flexibility index (Phi) is 2.68. The van der Waals surface area contributed by atoms with E-state index in [0.717, 1.165) is 6.08 Å². The van der Waals surface area contributed by atoms with Crippen LogP contribution in [0.15, 0.2) is 11.8 Å². The van der Waals surface area contributed by atoms with Gasteiger partial charge in [0.1, 0.15) is 6.29 Å². The molecule has 0 atom stereocenters. The van der Waals surface area contributed by atoms with Crippen LogP contribution < -0.4 is 0 Å². The predicted octanol–water partition coefficient (Wildman–Crippen LogP) is -0.809. The SMILES string of the molecule is CC(=CC=O)OB1OC(=O)C(=O)O1. The van der Waals surface area contributed by atoms with Gasteiger partial charge in [0.05, 0.1) is 5.76 Å². The lowest BCUT2D eigenvalue weighted by atomic mass is 10.2. The third-order valence-electron chi connectivity index (χ3n) is 1.16. The quantitative estimate of drug-likeness (QED) is 0.187. The second kappa shape index (κ2) is 3.75. The first-order valence-corrected chi connectivity index (χ1v) is 3.34. The summed E-state index contributed by atoms with van der Waals surface area (Å²) >= 11 is 0. The molecule has 1 aliphatic rings. The van der Waals surface area contributed by atoms with E-state index in [4.69, 9.17) is 4.65 Å². The highest BCUT2D eigenvalue weighted by atomic mass is 16.8. The predicted molar refractivity (Wildman–Crippen MR) is 38.8 cm³/mol. The van der Waals surface area contributed by atoms with Crippen LogP contribution >= 0.6 is 0 Å². The van der Waals surface area contributed by atoms with Gasteiger partial charge in [-0.3, -0.25) is 4.79 Å². The van der Waals surface area contributed by atoms with Gasteiger partial charge in [0.15, 0.2) is 0 Å². The van der Waals surface area contributed by atoms with Crippen LogP contribution in [-0.2, 0) is 28.3 Å². The summed E-state index contributed by atoms with van der Waals surface area (Å²) < 4.78 is 13.3. The maximum absolute atomic E-state index is 10.5. The number of hydrogen-bond donors (Lipinski definition) is 0. The number of rotatable bonds is 3. The normalized spacial score (nSPS) is 16.7. The van der Waals surface area contributed by atoms with Crippen molar-refractivity contribution in [1.82, 2.24) is 0 Å². The summed E-state index contributed by atoms with van der Waals surface area (Å²) in [6, 6.07) is 0. The minimum Gasteiger partial charge on any atom is -0.494 e. The fraction of sp³-hybridized carbons (Fsp3) is 0.167. The third-order valence-corrected chi connectivity index (χ3v) is 1.16. The molecule has 0 aromatic carbocycles. The molecule has 0 spiro atoms. The molecule has 1 fully saturated rings. The van der Waals surface area contributed by atoms with E-state index in [1.54, 1.807) is 0 Å².